The van der Waals surface area contributed by atoms with Gasteiger partial charge in [0.05, 0.1) is 18.8 Å². The molecule has 0 rings (SSSR count). The van der Waals surface area contributed by atoms with Crippen LogP contribution in [0.5, 0.6) is 0 Å². The summed E-state index contributed by atoms with van der Waals surface area (Å²) in [6, 6.07) is -1.01. The zero-order valence-electron chi connectivity index (χ0n) is 45.6. The van der Waals surface area contributed by atoms with Crippen molar-refractivity contribution >= 4 is 5.91 Å². The molecule has 0 heterocycles. The molecule has 0 saturated heterocycles. The van der Waals surface area contributed by atoms with Gasteiger partial charge in [-0.25, -0.2) is 0 Å². The number of carbonyl (C=O) groups is 1. The Bertz CT molecular complexity index is 1080. The Labute approximate surface area is 424 Å². The van der Waals surface area contributed by atoms with Crippen molar-refractivity contribution in [3.63, 3.8) is 0 Å². The summed E-state index contributed by atoms with van der Waals surface area (Å²) in [7, 11) is 0. The number of aliphatic hydroxyl groups excluding tert-OH is 4. The Morgan fingerprint density at radius 2 is 0.632 bits per heavy atom. The maximum Gasteiger partial charge on any atom is 0.249 e. The molecule has 4 unspecified atom stereocenters. The second kappa shape index (κ2) is 56.4. The quantitative estimate of drug-likeness (QED) is 0.0308. The Morgan fingerprint density at radius 1 is 0.353 bits per heavy atom. The summed E-state index contributed by atoms with van der Waals surface area (Å²) in [5.41, 5.74) is 0. The molecular weight excluding hydrogens is 839 g/mol. The third-order valence-electron chi connectivity index (χ3n) is 14.3. The van der Waals surface area contributed by atoms with Crippen LogP contribution in [0.15, 0.2) is 36.5 Å². The lowest BCUT2D eigenvalue weighted by molar-refractivity contribution is -0.132. The number of carbonyl (C=O) groups excluding carboxylic acids is 1. The van der Waals surface area contributed by atoms with Gasteiger partial charge < -0.3 is 25.7 Å². The zero-order chi connectivity index (χ0) is 49.5. The number of unbranched alkanes of at least 4 members (excludes halogenated alkanes) is 41. The van der Waals surface area contributed by atoms with Gasteiger partial charge in [-0.15, -0.1) is 0 Å². The lowest BCUT2D eigenvalue weighted by Crippen LogP contribution is -2.53. The van der Waals surface area contributed by atoms with Crippen LogP contribution in [0.1, 0.15) is 322 Å². The van der Waals surface area contributed by atoms with Gasteiger partial charge in [0.25, 0.3) is 0 Å². The van der Waals surface area contributed by atoms with Crippen LogP contribution in [0.4, 0.5) is 0 Å². The smallest absolute Gasteiger partial charge is 0.249 e. The highest BCUT2D eigenvalue weighted by Crippen LogP contribution is 2.18. The van der Waals surface area contributed by atoms with Crippen LogP contribution in [-0.4, -0.2) is 57.3 Å². The molecule has 1 amide bonds. The molecule has 0 radical (unpaired) electrons. The number of aliphatic hydroxyl groups is 4. The molecule has 0 fully saturated rings. The summed E-state index contributed by atoms with van der Waals surface area (Å²) in [6.45, 7) is 3.99. The standard InChI is InChI=1S/C62H119NO5/c1-3-5-7-9-11-13-15-17-19-20-21-22-23-24-25-26-27-28-29-30-31-32-33-34-35-36-37-38-39-40-41-42-44-46-48-50-52-54-56-60(66)62(68)63-58(57-64)61(67)59(65)55-53-51-49-47-45-43-18-16-14-12-10-8-6-4-2/h8,10,16,18,47,49,58-61,64-67H,3-7,9,11-15,17,19-46,48,50-57H2,1-2H3,(H,63,68)/b10-8+,18-16+,49-47+. The maximum absolute atomic E-state index is 12.6. The van der Waals surface area contributed by atoms with Gasteiger partial charge in [0.15, 0.2) is 0 Å². The normalized spacial score (nSPS) is 13.9. The number of rotatable bonds is 56. The third-order valence-corrected chi connectivity index (χ3v) is 14.3. The Morgan fingerprint density at radius 3 is 0.926 bits per heavy atom. The molecule has 0 aromatic carbocycles. The molecule has 0 aliphatic rings. The van der Waals surface area contributed by atoms with E-state index in [1.165, 1.54) is 231 Å². The molecule has 0 bridgehead atoms. The lowest BCUT2D eigenvalue weighted by Gasteiger charge is -2.27. The van der Waals surface area contributed by atoms with Crippen LogP contribution < -0.4 is 5.32 Å². The van der Waals surface area contributed by atoms with E-state index in [1.54, 1.807) is 0 Å². The molecule has 68 heavy (non-hydrogen) atoms. The van der Waals surface area contributed by atoms with E-state index in [0.717, 1.165) is 57.8 Å². The molecule has 402 valence electrons. The van der Waals surface area contributed by atoms with E-state index in [2.05, 4.69) is 55.6 Å². The average Bonchev–Trinajstić information content (AvgIpc) is 3.34. The second-order valence-electron chi connectivity index (χ2n) is 21.0. The van der Waals surface area contributed by atoms with Crippen molar-refractivity contribution in [1.29, 1.82) is 0 Å². The molecule has 4 atom stereocenters. The Balaban J connectivity index is 3.49. The fourth-order valence-electron chi connectivity index (χ4n) is 9.57. The predicted octanol–water partition coefficient (Wildman–Crippen LogP) is 18.0. The van der Waals surface area contributed by atoms with E-state index in [1.807, 2.05) is 0 Å². The van der Waals surface area contributed by atoms with Gasteiger partial charge in [-0.2, -0.15) is 0 Å². The fraction of sp³-hybridized carbons (Fsp3) is 0.887. The van der Waals surface area contributed by atoms with Crippen molar-refractivity contribution in [3.8, 4) is 0 Å². The highest BCUT2D eigenvalue weighted by Gasteiger charge is 2.28. The van der Waals surface area contributed by atoms with E-state index >= 15 is 0 Å². The van der Waals surface area contributed by atoms with E-state index in [0.29, 0.717) is 19.3 Å². The predicted molar refractivity (Wildman–Crippen MR) is 297 cm³/mol. The van der Waals surface area contributed by atoms with Crippen LogP contribution in [-0.2, 0) is 4.79 Å². The van der Waals surface area contributed by atoms with Crippen molar-refractivity contribution in [2.45, 2.75) is 346 Å². The summed E-state index contributed by atoms with van der Waals surface area (Å²) >= 11 is 0. The molecule has 5 N–H and O–H groups in total. The zero-order valence-corrected chi connectivity index (χ0v) is 45.6. The third kappa shape index (κ3) is 49.5. The first-order valence-corrected chi connectivity index (χ1v) is 30.4. The van der Waals surface area contributed by atoms with Crippen molar-refractivity contribution in [2.24, 2.45) is 0 Å². The molecule has 0 aromatic rings. The van der Waals surface area contributed by atoms with Gasteiger partial charge >= 0.3 is 0 Å². The summed E-state index contributed by atoms with van der Waals surface area (Å²) < 4.78 is 0. The van der Waals surface area contributed by atoms with E-state index < -0.39 is 36.9 Å². The van der Waals surface area contributed by atoms with E-state index in [-0.39, 0.29) is 0 Å². The molecular formula is C62H119NO5. The van der Waals surface area contributed by atoms with Crippen LogP contribution in [0.2, 0.25) is 0 Å². The fourth-order valence-corrected chi connectivity index (χ4v) is 9.57. The number of amides is 1. The van der Waals surface area contributed by atoms with Crippen LogP contribution in [0, 0.1) is 0 Å². The SMILES string of the molecule is CCC/C=C/CC/C=C/CC/C=C/CCCC(O)C(O)C(CO)NC(=O)C(O)CCCCCCCCCCCCCCCCCCCCCCCCCCCCCCCCCCCCCCCC. The average molecular weight is 959 g/mol. The van der Waals surface area contributed by atoms with Crippen molar-refractivity contribution in [3.05, 3.63) is 36.5 Å². The number of hydrogen-bond acceptors (Lipinski definition) is 5. The number of allylic oxidation sites excluding steroid dienone is 6. The topological polar surface area (TPSA) is 110 Å². The van der Waals surface area contributed by atoms with Crippen LogP contribution >= 0.6 is 0 Å². The minimum Gasteiger partial charge on any atom is -0.394 e. The van der Waals surface area contributed by atoms with Crippen LogP contribution in [0.3, 0.4) is 0 Å². The summed E-state index contributed by atoms with van der Waals surface area (Å²) in [5, 5.41) is 43.8. The summed E-state index contributed by atoms with van der Waals surface area (Å²) in [5.74, 6) is -0.596. The molecule has 0 aliphatic heterocycles. The first-order valence-electron chi connectivity index (χ1n) is 30.4. The molecule has 0 saturated carbocycles. The molecule has 0 spiro atoms. The van der Waals surface area contributed by atoms with E-state index in [9.17, 15) is 25.2 Å². The first-order chi connectivity index (χ1) is 33.5. The van der Waals surface area contributed by atoms with Gasteiger partial charge in [-0.3, -0.25) is 4.79 Å². The van der Waals surface area contributed by atoms with Gasteiger partial charge in [-0.1, -0.05) is 301 Å². The highest BCUT2D eigenvalue weighted by molar-refractivity contribution is 5.80. The number of nitrogens with one attached hydrogen (secondary N) is 1. The van der Waals surface area contributed by atoms with Crippen LogP contribution in [0.25, 0.3) is 0 Å². The molecule has 6 nitrogen and oxygen atoms in total. The monoisotopic (exact) mass is 958 g/mol. The van der Waals surface area contributed by atoms with E-state index in [4.69, 9.17) is 0 Å². The molecule has 0 aromatic heterocycles. The Kier molecular flexibility index (Phi) is 55.2. The van der Waals surface area contributed by atoms with Crippen molar-refractivity contribution < 1.29 is 25.2 Å². The Hall–Kier alpha value is -1.47. The summed E-state index contributed by atoms with van der Waals surface area (Å²) in [4.78, 5) is 12.6. The van der Waals surface area contributed by atoms with Gasteiger partial charge in [-0.05, 0) is 57.8 Å². The second-order valence-corrected chi connectivity index (χ2v) is 21.0. The maximum atomic E-state index is 12.6. The minimum absolute atomic E-state index is 0.362. The van der Waals surface area contributed by atoms with Crippen molar-refractivity contribution in [2.75, 3.05) is 6.61 Å². The first kappa shape index (κ1) is 66.5. The lowest BCUT2D eigenvalue weighted by atomic mass is 10.00. The molecule has 6 heteroatoms. The molecule has 0 aliphatic carbocycles. The van der Waals surface area contributed by atoms with Gasteiger partial charge in [0.1, 0.15) is 12.2 Å². The number of hydrogen-bond donors (Lipinski definition) is 5. The van der Waals surface area contributed by atoms with Gasteiger partial charge in [0, 0.05) is 0 Å². The minimum atomic E-state index is -1.29. The largest absolute Gasteiger partial charge is 0.394 e. The van der Waals surface area contributed by atoms with Crippen molar-refractivity contribution in [1.82, 2.24) is 5.32 Å². The highest BCUT2D eigenvalue weighted by atomic mass is 16.3. The van der Waals surface area contributed by atoms with Gasteiger partial charge in [0.2, 0.25) is 5.91 Å². The summed E-state index contributed by atoms with van der Waals surface area (Å²) in [6.07, 6.45) is 71.2.